The average molecular weight is 354 g/mol. The lowest BCUT2D eigenvalue weighted by Gasteiger charge is -2.10. The van der Waals surface area contributed by atoms with Crippen LogP contribution in [0.4, 0.5) is 0 Å². The molecule has 0 saturated carbocycles. The molecule has 0 spiro atoms. The van der Waals surface area contributed by atoms with Gasteiger partial charge in [0.1, 0.15) is 5.78 Å². The zero-order valence-electron chi connectivity index (χ0n) is 7.76. The highest BCUT2D eigenvalue weighted by Crippen LogP contribution is 2.33. The molecule has 0 aliphatic rings. The van der Waals surface area contributed by atoms with Crippen LogP contribution in [0.5, 0.6) is 0 Å². The molecule has 0 aromatic heterocycles. The number of carbonyl (C=O) groups is 2. The summed E-state index contributed by atoms with van der Waals surface area (Å²) in [4.78, 5) is 21.8. The van der Waals surface area contributed by atoms with Crippen molar-refractivity contribution in [2.45, 2.75) is 11.8 Å². The Hall–Kier alpha value is -0.190. The second-order valence-electron chi connectivity index (χ2n) is 2.96. The number of halogens is 3. The topological polar surface area (TPSA) is 34.1 Å². The lowest BCUT2D eigenvalue weighted by molar-refractivity contribution is -0.116. The van der Waals surface area contributed by atoms with Gasteiger partial charge >= 0.3 is 0 Å². The van der Waals surface area contributed by atoms with Gasteiger partial charge in [-0.3, -0.25) is 9.59 Å². The standard InChI is InChI=1S/C10H7Br2ClO2/c1-5(14)8(11)6-3-2-4-7(9(6)12)10(13)15/h2-4,8H,1H3. The highest BCUT2D eigenvalue weighted by Gasteiger charge is 2.19. The molecule has 1 atom stereocenters. The third-order valence-electron chi connectivity index (χ3n) is 1.87. The van der Waals surface area contributed by atoms with Gasteiger partial charge in [-0.05, 0) is 46.1 Å². The van der Waals surface area contributed by atoms with Gasteiger partial charge in [-0.15, -0.1) is 0 Å². The lowest BCUT2D eigenvalue weighted by atomic mass is 10.1. The fraction of sp³-hybridized carbons (Fsp3) is 0.200. The van der Waals surface area contributed by atoms with Crippen molar-refractivity contribution in [3.05, 3.63) is 33.8 Å². The van der Waals surface area contributed by atoms with Crippen LogP contribution in [0.15, 0.2) is 22.7 Å². The maximum Gasteiger partial charge on any atom is 0.253 e. The third kappa shape index (κ3) is 2.89. The van der Waals surface area contributed by atoms with E-state index in [4.69, 9.17) is 11.6 Å². The van der Waals surface area contributed by atoms with Gasteiger partial charge in [0.25, 0.3) is 5.24 Å². The number of benzene rings is 1. The SMILES string of the molecule is CC(=O)C(Br)c1cccc(C(=O)Cl)c1Br. The molecule has 0 aliphatic heterocycles. The zero-order valence-corrected chi connectivity index (χ0v) is 11.7. The van der Waals surface area contributed by atoms with E-state index in [0.29, 0.717) is 15.6 Å². The monoisotopic (exact) mass is 352 g/mol. The minimum Gasteiger partial charge on any atom is -0.298 e. The Balaban J connectivity index is 3.26. The summed E-state index contributed by atoms with van der Waals surface area (Å²) < 4.78 is 0.557. The number of carbonyl (C=O) groups excluding carboxylic acids is 2. The predicted molar refractivity (Wildman–Crippen MR) is 66.7 cm³/mol. The van der Waals surface area contributed by atoms with Crippen LogP contribution in [0, 0.1) is 0 Å². The van der Waals surface area contributed by atoms with Crippen molar-refractivity contribution in [1.29, 1.82) is 0 Å². The van der Waals surface area contributed by atoms with Crippen molar-refractivity contribution in [1.82, 2.24) is 0 Å². The predicted octanol–water partition coefficient (Wildman–Crippen LogP) is 3.85. The van der Waals surface area contributed by atoms with Crippen molar-refractivity contribution in [3.8, 4) is 0 Å². The molecule has 2 nitrogen and oxygen atoms in total. The summed E-state index contributed by atoms with van der Waals surface area (Å²) in [5.74, 6) is -0.0325. The molecule has 15 heavy (non-hydrogen) atoms. The average Bonchev–Trinajstić information content (AvgIpc) is 2.16. The maximum absolute atomic E-state index is 11.2. The van der Waals surface area contributed by atoms with Crippen molar-refractivity contribution in [2.24, 2.45) is 0 Å². The first-order valence-corrected chi connectivity index (χ1v) is 6.16. The Morgan fingerprint density at radius 2 is 2.00 bits per heavy atom. The number of Topliss-reactive ketones (excluding diaryl/α,β-unsaturated/α-hetero) is 1. The number of hydrogen-bond acceptors (Lipinski definition) is 2. The summed E-state index contributed by atoms with van der Waals surface area (Å²) in [5, 5.41) is -0.549. The first kappa shape index (κ1) is 12.9. The van der Waals surface area contributed by atoms with E-state index in [0.717, 1.165) is 0 Å². The van der Waals surface area contributed by atoms with Crippen LogP contribution in [-0.4, -0.2) is 11.0 Å². The molecule has 1 aromatic rings. The van der Waals surface area contributed by atoms with Gasteiger partial charge in [-0.25, -0.2) is 0 Å². The van der Waals surface area contributed by atoms with E-state index in [2.05, 4.69) is 31.9 Å². The van der Waals surface area contributed by atoms with Crippen molar-refractivity contribution >= 4 is 54.5 Å². The van der Waals surface area contributed by atoms with Crippen LogP contribution in [0.2, 0.25) is 0 Å². The molecular formula is C10H7Br2ClO2. The summed E-state index contributed by atoms with van der Waals surface area (Å²) in [7, 11) is 0. The van der Waals surface area contributed by atoms with Gasteiger partial charge in [0.15, 0.2) is 0 Å². The van der Waals surface area contributed by atoms with E-state index in [1.54, 1.807) is 18.2 Å². The second kappa shape index (κ2) is 5.23. The van der Waals surface area contributed by atoms with Crippen LogP contribution >= 0.6 is 43.5 Å². The van der Waals surface area contributed by atoms with Crippen LogP contribution < -0.4 is 0 Å². The van der Waals surface area contributed by atoms with Gasteiger partial charge in [0, 0.05) is 10.0 Å². The van der Waals surface area contributed by atoms with Gasteiger partial charge < -0.3 is 0 Å². The fourth-order valence-electron chi connectivity index (χ4n) is 1.12. The summed E-state index contributed by atoms with van der Waals surface area (Å²) >= 11 is 11.9. The van der Waals surface area contributed by atoms with E-state index in [1.807, 2.05) is 0 Å². The molecular weight excluding hydrogens is 347 g/mol. The largest absolute Gasteiger partial charge is 0.298 e. The Kier molecular flexibility index (Phi) is 4.49. The van der Waals surface area contributed by atoms with Gasteiger partial charge in [-0.1, -0.05) is 28.1 Å². The highest BCUT2D eigenvalue weighted by molar-refractivity contribution is 9.11. The minimum atomic E-state index is -0.549. The molecule has 0 heterocycles. The van der Waals surface area contributed by atoms with Crippen LogP contribution in [0.25, 0.3) is 0 Å². The van der Waals surface area contributed by atoms with Gasteiger partial charge in [0.05, 0.1) is 4.83 Å². The number of rotatable bonds is 3. The highest BCUT2D eigenvalue weighted by atomic mass is 79.9. The molecule has 0 bridgehead atoms. The van der Waals surface area contributed by atoms with Crippen molar-refractivity contribution in [2.75, 3.05) is 0 Å². The van der Waals surface area contributed by atoms with E-state index < -0.39 is 10.1 Å². The summed E-state index contributed by atoms with van der Waals surface area (Å²) in [6, 6.07) is 5.05. The van der Waals surface area contributed by atoms with Crippen molar-refractivity contribution in [3.63, 3.8) is 0 Å². The molecule has 0 N–H and O–H groups in total. The summed E-state index contributed by atoms with van der Waals surface area (Å²) in [6.07, 6.45) is 0. The van der Waals surface area contributed by atoms with Crippen molar-refractivity contribution < 1.29 is 9.59 Å². The second-order valence-corrected chi connectivity index (χ2v) is 5.01. The van der Waals surface area contributed by atoms with E-state index in [-0.39, 0.29) is 5.78 Å². The van der Waals surface area contributed by atoms with E-state index in [9.17, 15) is 9.59 Å². The Bertz CT molecular complexity index is 418. The summed E-state index contributed by atoms with van der Waals surface area (Å²) in [6.45, 7) is 1.47. The number of ketones is 1. The quantitative estimate of drug-likeness (QED) is 0.610. The molecule has 0 saturated heterocycles. The molecule has 0 fully saturated rings. The smallest absolute Gasteiger partial charge is 0.253 e. The Morgan fingerprint density at radius 3 is 2.47 bits per heavy atom. The third-order valence-corrected chi connectivity index (χ3v) is 4.10. The molecule has 0 aliphatic carbocycles. The fourth-order valence-corrected chi connectivity index (χ4v) is 2.75. The first-order chi connectivity index (χ1) is 6.95. The molecule has 0 radical (unpaired) electrons. The molecule has 0 amide bonds. The Morgan fingerprint density at radius 1 is 1.40 bits per heavy atom. The zero-order chi connectivity index (χ0) is 11.6. The molecule has 1 aromatic carbocycles. The first-order valence-electron chi connectivity index (χ1n) is 4.08. The van der Waals surface area contributed by atoms with E-state index in [1.165, 1.54) is 6.92 Å². The molecule has 80 valence electrons. The van der Waals surface area contributed by atoms with E-state index >= 15 is 0 Å². The number of alkyl halides is 1. The van der Waals surface area contributed by atoms with Crippen LogP contribution in [0.1, 0.15) is 27.7 Å². The molecule has 1 rings (SSSR count). The molecule has 5 heteroatoms. The normalized spacial score (nSPS) is 12.3. The lowest BCUT2D eigenvalue weighted by Crippen LogP contribution is -2.04. The van der Waals surface area contributed by atoms with Gasteiger partial charge in [-0.2, -0.15) is 0 Å². The Labute approximate surface area is 109 Å². The summed E-state index contributed by atoms with van der Waals surface area (Å²) in [5.41, 5.74) is 1.06. The molecule has 1 unspecified atom stereocenters. The minimum absolute atomic E-state index is 0.0325. The van der Waals surface area contributed by atoms with Crippen LogP contribution in [-0.2, 0) is 4.79 Å². The number of hydrogen-bond donors (Lipinski definition) is 0. The van der Waals surface area contributed by atoms with Crippen LogP contribution in [0.3, 0.4) is 0 Å². The van der Waals surface area contributed by atoms with Gasteiger partial charge in [0.2, 0.25) is 0 Å². The maximum atomic E-state index is 11.2.